The number of nitrogens with zero attached hydrogens (tertiary/aromatic N) is 6. The number of aromatic nitrogens is 8. The van der Waals surface area contributed by atoms with Gasteiger partial charge in [0.25, 0.3) is 11.1 Å². The summed E-state index contributed by atoms with van der Waals surface area (Å²) in [4.78, 5) is 66.6. The van der Waals surface area contributed by atoms with Crippen molar-refractivity contribution < 1.29 is 56.7 Å². The highest BCUT2D eigenvalue weighted by molar-refractivity contribution is 7.47. The lowest BCUT2D eigenvalue weighted by atomic mass is 10.1. The van der Waals surface area contributed by atoms with Crippen LogP contribution in [0.5, 0.6) is 0 Å². The van der Waals surface area contributed by atoms with Gasteiger partial charge in [0.2, 0.25) is 5.95 Å². The van der Waals surface area contributed by atoms with E-state index < -0.39 is 89.1 Å². The fraction of sp³-hybridized carbons (Fsp3) is 0.524. The van der Waals surface area contributed by atoms with Crippen LogP contribution in [0.3, 0.4) is 0 Å². The van der Waals surface area contributed by atoms with Gasteiger partial charge in [-0.15, -0.1) is 0 Å². The minimum atomic E-state index is -5.08. The molecule has 10 atom stereocenters. The van der Waals surface area contributed by atoms with Gasteiger partial charge in [0.15, 0.2) is 34.8 Å². The Hall–Kier alpha value is -3.44. The Kier molecular flexibility index (Phi) is 7.51. The lowest BCUT2D eigenvalue weighted by Gasteiger charge is -2.27. The van der Waals surface area contributed by atoms with Gasteiger partial charge >= 0.3 is 15.6 Å². The number of aryl methyl sites for hydroxylation is 1. The number of phosphoric ester groups is 2. The fourth-order valence-electron chi connectivity index (χ4n) is 5.48. The van der Waals surface area contributed by atoms with Crippen LogP contribution in [0, 0.1) is 6.92 Å². The van der Waals surface area contributed by atoms with E-state index in [4.69, 9.17) is 33.3 Å². The van der Waals surface area contributed by atoms with Crippen molar-refractivity contribution >= 4 is 43.9 Å². The smallest absolute Gasteiger partial charge is 0.386 e. The van der Waals surface area contributed by atoms with Gasteiger partial charge in [0.05, 0.1) is 25.9 Å². The molecule has 4 unspecified atom stereocenters. The van der Waals surface area contributed by atoms with E-state index in [0.717, 1.165) is 17.2 Å². The monoisotopic (exact) mass is 689 g/mol. The van der Waals surface area contributed by atoms with Crippen LogP contribution in [0.2, 0.25) is 0 Å². The zero-order valence-electron chi connectivity index (χ0n) is 23.2. The van der Waals surface area contributed by atoms with Gasteiger partial charge in [-0.3, -0.25) is 41.8 Å². The van der Waals surface area contributed by atoms with Gasteiger partial charge < -0.3 is 40.2 Å². The first-order valence-electron chi connectivity index (χ1n) is 13.4. The number of aromatic amines is 2. The zero-order valence-corrected chi connectivity index (χ0v) is 25.0. The van der Waals surface area contributed by atoms with Crippen molar-refractivity contribution in [1.29, 1.82) is 0 Å². The quantitative estimate of drug-likeness (QED) is 0.109. The maximum absolute atomic E-state index is 13.1. The summed E-state index contributed by atoms with van der Waals surface area (Å²) < 4.78 is 60.8. The summed E-state index contributed by atoms with van der Waals surface area (Å²) in [5.74, 6) is -0.0557. The van der Waals surface area contributed by atoms with Crippen molar-refractivity contribution in [2.24, 2.45) is 0 Å². The number of anilines is 1. The van der Waals surface area contributed by atoms with Crippen molar-refractivity contribution in [3.63, 3.8) is 0 Å². The Bertz CT molecular complexity index is 1900. The summed E-state index contributed by atoms with van der Waals surface area (Å²) in [5, 5.41) is 22.3. The minimum absolute atomic E-state index is 0.00445. The van der Waals surface area contributed by atoms with E-state index in [1.165, 1.54) is 11.5 Å². The Labute approximate surface area is 254 Å². The van der Waals surface area contributed by atoms with Crippen molar-refractivity contribution in [3.8, 4) is 0 Å². The molecule has 4 aromatic rings. The van der Waals surface area contributed by atoms with Gasteiger partial charge in [-0.2, -0.15) is 4.98 Å². The summed E-state index contributed by atoms with van der Waals surface area (Å²) in [6.07, 6.45) is -10.6. The van der Waals surface area contributed by atoms with E-state index in [1.54, 1.807) is 0 Å². The highest BCUT2D eigenvalue weighted by Crippen LogP contribution is 2.53. The molecule has 4 aromatic heterocycles. The second-order valence-corrected chi connectivity index (χ2v) is 13.3. The van der Waals surface area contributed by atoms with Crippen LogP contribution >= 0.6 is 15.6 Å². The van der Waals surface area contributed by atoms with Crippen LogP contribution in [0.4, 0.5) is 5.95 Å². The SMILES string of the molecule is Cc1nc2c(ncn2[C@@H]2O[C@@H]3COP(=O)(O)OC4[C@@H](COP(=O)(O)OC3[C@@H]2O)O[C@@H](n2cnc3c(=O)[nH]c(N)nc32)[C@H]4O)c(=O)[nH]1. The molecule has 0 bridgehead atoms. The molecule has 3 aliphatic rings. The van der Waals surface area contributed by atoms with Gasteiger partial charge in [0.1, 0.15) is 42.4 Å². The third-order valence-corrected chi connectivity index (χ3v) is 9.45. The minimum Gasteiger partial charge on any atom is -0.386 e. The van der Waals surface area contributed by atoms with E-state index in [2.05, 4.69) is 29.9 Å². The number of fused-ring (bicyclic) bond motifs is 4. The van der Waals surface area contributed by atoms with Gasteiger partial charge in [-0.05, 0) is 6.92 Å². The Morgan fingerprint density at radius 3 is 1.78 bits per heavy atom. The Balaban J connectivity index is 1.18. The maximum Gasteiger partial charge on any atom is 0.472 e. The molecule has 0 amide bonds. The molecule has 248 valence electrons. The van der Waals surface area contributed by atoms with Crippen molar-refractivity contribution in [3.05, 3.63) is 39.2 Å². The van der Waals surface area contributed by atoms with Crippen LogP contribution in [0.15, 0.2) is 22.2 Å². The average molecular weight is 689 g/mol. The number of H-pyrrole nitrogens is 2. The summed E-state index contributed by atoms with van der Waals surface area (Å²) >= 11 is 0. The number of hydrogen-bond donors (Lipinski definition) is 7. The zero-order chi connectivity index (χ0) is 32.7. The molecular formula is C21H25N9O14P2. The molecule has 25 heteroatoms. The first-order valence-corrected chi connectivity index (χ1v) is 16.3. The molecule has 0 aliphatic carbocycles. The third kappa shape index (κ3) is 5.39. The number of nitrogens with two attached hydrogens (primary N) is 1. The van der Waals surface area contributed by atoms with Crippen molar-refractivity contribution in [2.45, 2.75) is 56.0 Å². The third-order valence-electron chi connectivity index (χ3n) is 7.48. The molecular weight excluding hydrogens is 664 g/mol. The molecule has 8 N–H and O–H groups in total. The summed E-state index contributed by atoms with van der Waals surface area (Å²) in [5.41, 5.74) is 4.01. The van der Waals surface area contributed by atoms with E-state index in [-0.39, 0.29) is 34.1 Å². The molecule has 3 saturated heterocycles. The van der Waals surface area contributed by atoms with Crippen LogP contribution in [-0.2, 0) is 36.7 Å². The predicted molar refractivity (Wildman–Crippen MR) is 147 cm³/mol. The molecule has 0 aromatic carbocycles. The van der Waals surface area contributed by atoms with Crippen LogP contribution < -0.4 is 16.9 Å². The highest BCUT2D eigenvalue weighted by Gasteiger charge is 2.54. The maximum atomic E-state index is 13.1. The molecule has 3 fully saturated rings. The van der Waals surface area contributed by atoms with Gasteiger partial charge in [0, 0.05) is 0 Å². The number of nitrogens with one attached hydrogen (secondary N) is 2. The number of ether oxygens (including phenoxy) is 2. The number of hydrogen-bond acceptors (Lipinski definition) is 17. The Morgan fingerprint density at radius 1 is 0.826 bits per heavy atom. The summed E-state index contributed by atoms with van der Waals surface area (Å²) in [6, 6.07) is 0. The number of imidazole rings is 2. The second-order valence-electron chi connectivity index (χ2n) is 10.5. The van der Waals surface area contributed by atoms with E-state index in [9.17, 15) is 38.7 Å². The Morgan fingerprint density at radius 2 is 1.28 bits per heavy atom. The van der Waals surface area contributed by atoms with E-state index >= 15 is 0 Å². The summed E-state index contributed by atoms with van der Waals surface area (Å²) in [6.45, 7) is -0.192. The lowest BCUT2D eigenvalue weighted by molar-refractivity contribution is -0.0664. The topological polar surface area (TPSA) is 324 Å². The molecule has 0 radical (unpaired) electrons. The first kappa shape index (κ1) is 31.2. The number of aliphatic hydroxyl groups excluding tert-OH is 2. The van der Waals surface area contributed by atoms with Crippen molar-refractivity contribution in [1.82, 2.24) is 39.0 Å². The van der Waals surface area contributed by atoms with Crippen molar-refractivity contribution in [2.75, 3.05) is 18.9 Å². The fourth-order valence-corrected chi connectivity index (χ4v) is 7.41. The van der Waals surface area contributed by atoms with E-state index in [1.807, 2.05) is 0 Å². The van der Waals surface area contributed by atoms with Gasteiger partial charge in [-0.25, -0.2) is 24.1 Å². The van der Waals surface area contributed by atoms with Gasteiger partial charge in [-0.1, -0.05) is 0 Å². The largest absolute Gasteiger partial charge is 0.472 e. The second kappa shape index (κ2) is 11.1. The predicted octanol–water partition coefficient (Wildman–Crippen LogP) is -2.32. The van der Waals surface area contributed by atoms with Crippen LogP contribution in [0.1, 0.15) is 18.3 Å². The molecule has 7 heterocycles. The summed E-state index contributed by atoms with van der Waals surface area (Å²) in [7, 11) is -10.2. The molecule has 46 heavy (non-hydrogen) atoms. The lowest BCUT2D eigenvalue weighted by Crippen LogP contribution is -2.39. The first-order chi connectivity index (χ1) is 21.7. The number of nitrogen functional groups attached to an aromatic ring is 1. The average Bonchev–Trinajstić information content (AvgIpc) is 3.72. The van der Waals surface area contributed by atoms with Crippen LogP contribution in [0.25, 0.3) is 22.3 Å². The normalized spacial score (nSPS) is 37.2. The molecule has 3 aliphatic heterocycles. The number of aliphatic hydroxyl groups is 2. The number of phosphoric acid groups is 2. The molecule has 7 rings (SSSR count). The van der Waals surface area contributed by atoms with Crippen LogP contribution in [-0.4, -0.2) is 109 Å². The van der Waals surface area contributed by atoms with E-state index in [0.29, 0.717) is 0 Å². The molecule has 23 nitrogen and oxygen atoms in total. The standard InChI is InChI=1S/C21H25N9O14P2/c1-6-25-15-9(17(33)26-6)23-4-29(15)19-11(31)13-7(41-19)2-39-46(37,38)44-14-8(3-40-45(35,36)43-13)42-20(12(14)32)30-5-24-10-16(30)27-21(22)28-18(10)34/h4-5,7-8,11-14,19-20,31-32H,2-3H2,1H3,(H,35,36)(H,37,38)(H,25,26,33)(H3,22,27,28,34)/t7-,8-,11+,12+,13?,14?,19-,20-/m1/s1. The number of rotatable bonds is 2. The molecule has 0 spiro atoms. The highest BCUT2D eigenvalue weighted by atomic mass is 31.2. The molecule has 0 saturated carbocycles.